The van der Waals surface area contributed by atoms with Gasteiger partial charge in [-0.15, -0.1) is 24.0 Å². The van der Waals surface area contributed by atoms with Gasteiger partial charge in [-0.1, -0.05) is 30.3 Å². The molecule has 0 amide bonds. The Balaban J connectivity index is 0.00000312. The molecular formula is C19H28IN3O2. The van der Waals surface area contributed by atoms with Crippen molar-refractivity contribution in [2.75, 3.05) is 20.3 Å². The van der Waals surface area contributed by atoms with E-state index in [1.165, 1.54) is 5.56 Å². The SMILES string of the molecule is COCC(C)NC(=NCCc1ccco1)NC(C)c1ccccc1.I. The molecule has 6 heteroatoms. The van der Waals surface area contributed by atoms with Crippen LogP contribution in [0.15, 0.2) is 58.1 Å². The molecule has 0 aliphatic carbocycles. The van der Waals surface area contributed by atoms with E-state index in [0.717, 1.165) is 18.1 Å². The van der Waals surface area contributed by atoms with Crippen LogP contribution in [0.3, 0.4) is 0 Å². The summed E-state index contributed by atoms with van der Waals surface area (Å²) in [7, 11) is 1.70. The first kappa shape index (κ1) is 21.5. The highest BCUT2D eigenvalue weighted by molar-refractivity contribution is 14.0. The van der Waals surface area contributed by atoms with E-state index in [0.29, 0.717) is 13.2 Å². The Morgan fingerprint density at radius 1 is 1.12 bits per heavy atom. The Kier molecular flexibility index (Phi) is 10.3. The molecule has 25 heavy (non-hydrogen) atoms. The number of ether oxygens (including phenoxy) is 1. The van der Waals surface area contributed by atoms with Gasteiger partial charge in [0.05, 0.1) is 18.9 Å². The third-order valence-electron chi connectivity index (χ3n) is 3.66. The number of benzene rings is 1. The van der Waals surface area contributed by atoms with Gasteiger partial charge in [-0.05, 0) is 31.5 Å². The molecule has 2 atom stereocenters. The predicted molar refractivity (Wildman–Crippen MR) is 113 cm³/mol. The molecular weight excluding hydrogens is 429 g/mol. The third-order valence-corrected chi connectivity index (χ3v) is 3.66. The summed E-state index contributed by atoms with van der Waals surface area (Å²) in [6.45, 7) is 5.48. The Labute approximate surface area is 167 Å². The number of furan rings is 1. The summed E-state index contributed by atoms with van der Waals surface area (Å²) in [5.41, 5.74) is 1.22. The van der Waals surface area contributed by atoms with Crippen LogP contribution in [0, 0.1) is 0 Å². The van der Waals surface area contributed by atoms with Crippen molar-refractivity contribution < 1.29 is 9.15 Å². The second kappa shape index (κ2) is 11.9. The summed E-state index contributed by atoms with van der Waals surface area (Å²) < 4.78 is 10.6. The van der Waals surface area contributed by atoms with E-state index in [2.05, 4.69) is 41.6 Å². The second-order valence-corrected chi connectivity index (χ2v) is 5.84. The van der Waals surface area contributed by atoms with Crippen molar-refractivity contribution >= 4 is 29.9 Å². The molecule has 0 fully saturated rings. The lowest BCUT2D eigenvalue weighted by Gasteiger charge is -2.21. The minimum absolute atomic E-state index is 0. The maximum absolute atomic E-state index is 5.36. The summed E-state index contributed by atoms with van der Waals surface area (Å²) in [6, 6.07) is 14.5. The molecule has 1 aromatic heterocycles. The zero-order valence-electron chi connectivity index (χ0n) is 15.1. The number of hydrogen-bond donors (Lipinski definition) is 2. The molecule has 5 nitrogen and oxygen atoms in total. The molecule has 0 aliphatic rings. The van der Waals surface area contributed by atoms with Crippen molar-refractivity contribution in [3.8, 4) is 0 Å². The molecule has 1 aromatic carbocycles. The Bertz CT molecular complexity index is 602. The van der Waals surface area contributed by atoms with Crippen LogP contribution >= 0.6 is 24.0 Å². The number of rotatable bonds is 8. The van der Waals surface area contributed by atoms with Crippen molar-refractivity contribution in [2.24, 2.45) is 4.99 Å². The van der Waals surface area contributed by atoms with Crippen LogP contribution in [0.25, 0.3) is 0 Å². The summed E-state index contributed by atoms with van der Waals surface area (Å²) in [6.07, 6.45) is 2.47. The van der Waals surface area contributed by atoms with Gasteiger partial charge in [0.15, 0.2) is 5.96 Å². The summed E-state index contributed by atoms with van der Waals surface area (Å²) >= 11 is 0. The van der Waals surface area contributed by atoms with Gasteiger partial charge >= 0.3 is 0 Å². The molecule has 0 aliphatic heterocycles. The molecule has 138 valence electrons. The van der Waals surface area contributed by atoms with Crippen molar-refractivity contribution in [1.82, 2.24) is 10.6 Å². The topological polar surface area (TPSA) is 58.8 Å². The van der Waals surface area contributed by atoms with Crippen molar-refractivity contribution in [2.45, 2.75) is 32.4 Å². The molecule has 0 bridgehead atoms. The molecule has 2 unspecified atom stereocenters. The van der Waals surface area contributed by atoms with Crippen LogP contribution in [0.4, 0.5) is 0 Å². The molecule has 0 saturated heterocycles. The highest BCUT2D eigenvalue weighted by atomic mass is 127. The van der Waals surface area contributed by atoms with Gasteiger partial charge in [0.1, 0.15) is 5.76 Å². The first-order chi connectivity index (χ1) is 11.7. The zero-order chi connectivity index (χ0) is 17.2. The monoisotopic (exact) mass is 457 g/mol. The van der Waals surface area contributed by atoms with Gasteiger partial charge in [-0.2, -0.15) is 0 Å². The molecule has 0 radical (unpaired) electrons. The van der Waals surface area contributed by atoms with E-state index in [-0.39, 0.29) is 36.1 Å². The maximum atomic E-state index is 5.36. The van der Waals surface area contributed by atoms with Crippen LogP contribution < -0.4 is 10.6 Å². The van der Waals surface area contributed by atoms with Crippen molar-refractivity contribution in [3.05, 3.63) is 60.1 Å². The number of aliphatic imine (C=N–C) groups is 1. The van der Waals surface area contributed by atoms with Gasteiger partial charge in [-0.25, -0.2) is 0 Å². The molecule has 0 spiro atoms. The smallest absolute Gasteiger partial charge is 0.192 e. The summed E-state index contributed by atoms with van der Waals surface area (Å²) in [5, 5.41) is 6.84. The fourth-order valence-electron chi connectivity index (χ4n) is 2.42. The van der Waals surface area contributed by atoms with E-state index in [1.54, 1.807) is 13.4 Å². The van der Waals surface area contributed by atoms with Crippen molar-refractivity contribution in [3.63, 3.8) is 0 Å². The lowest BCUT2D eigenvalue weighted by molar-refractivity contribution is 0.179. The van der Waals surface area contributed by atoms with Gasteiger partial charge < -0.3 is 19.8 Å². The Morgan fingerprint density at radius 3 is 2.52 bits per heavy atom. The van der Waals surface area contributed by atoms with Gasteiger partial charge in [-0.3, -0.25) is 4.99 Å². The first-order valence-corrected chi connectivity index (χ1v) is 8.33. The molecule has 1 heterocycles. The quantitative estimate of drug-likeness (QED) is 0.360. The van der Waals surface area contributed by atoms with Crippen molar-refractivity contribution in [1.29, 1.82) is 0 Å². The van der Waals surface area contributed by atoms with E-state index in [4.69, 9.17) is 9.15 Å². The van der Waals surface area contributed by atoms with Gasteiger partial charge in [0, 0.05) is 26.1 Å². The number of methoxy groups -OCH3 is 1. The minimum atomic E-state index is 0. The second-order valence-electron chi connectivity index (χ2n) is 5.84. The Hall–Kier alpha value is -1.54. The van der Waals surface area contributed by atoms with E-state index >= 15 is 0 Å². The van der Waals surface area contributed by atoms with Crippen LogP contribution in [-0.4, -0.2) is 32.3 Å². The normalized spacial score (nSPS) is 13.6. The lowest BCUT2D eigenvalue weighted by atomic mass is 10.1. The summed E-state index contributed by atoms with van der Waals surface area (Å²) in [4.78, 5) is 4.67. The molecule has 2 rings (SSSR count). The average Bonchev–Trinajstić information content (AvgIpc) is 3.09. The fraction of sp³-hybridized carbons (Fsp3) is 0.421. The zero-order valence-corrected chi connectivity index (χ0v) is 17.4. The highest BCUT2D eigenvalue weighted by Crippen LogP contribution is 2.11. The van der Waals surface area contributed by atoms with Crippen LogP contribution in [0.2, 0.25) is 0 Å². The summed E-state index contributed by atoms with van der Waals surface area (Å²) in [5.74, 6) is 1.72. The van der Waals surface area contributed by atoms with Crippen LogP contribution in [0.5, 0.6) is 0 Å². The minimum Gasteiger partial charge on any atom is -0.469 e. The van der Waals surface area contributed by atoms with Crippen LogP contribution in [-0.2, 0) is 11.2 Å². The first-order valence-electron chi connectivity index (χ1n) is 8.33. The number of hydrogen-bond acceptors (Lipinski definition) is 3. The number of halogens is 1. The maximum Gasteiger partial charge on any atom is 0.192 e. The van der Waals surface area contributed by atoms with E-state index < -0.39 is 0 Å². The molecule has 0 saturated carbocycles. The molecule has 2 N–H and O–H groups in total. The molecule has 2 aromatic rings. The number of nitrogens with one attached hydrogen (secondary N) is 2. The lowest BCUT2D eigenvalue weighted by Crippen LogP contribution is -2.45. The largest absolute Gasteiger partial charge is 0.469 e. The number of nitrogens with zero attached hydrogens (tertiary/aromatic N) is 1. The van der Waals surface area contributed by atoms with Gasteiger partial charge in [0.25, 0.3) is 0 Å². The van der Waals surface area contributed by atoms with E-state index in [1.807, 2.05) is 30.3 Å². The number of guanidine groups is 1. The third kappa shape index (κ3) is 7.92. The highest BCUT2D eigenvalue weighted by Gasteiger charge is 2.10. The van der Waals surface area contributed by atoms with E-state index in [9.17, 15) is 0 Å². The standard InChI is InChI=1S/C19H27N3O2.HI/c1-15(14-23-3)21-19(20-12-11-18-10-7-13-24-18)22-16(2)17-8-5-4-6-9-17;/h4-10,13,15-16H,11-12,14H2,1-3H3,(H2,20,21,22);1H. The Morgan fingerprint density at radius 2 is 1.88 bits per heavy atom. The average molecular weight is 457 g/mol. The van der Waals surface area contributed by atoms with Crippen LogP contribution in [0.1, 0.15) is 31.2 Å². The fourth-order valence-corrected chi connectivity index (χ4v) is 2.42. The predicted octanol–water partition coefficient (Wildman–Crippen LogP) is 3.77. The van der Waals surface area contributed by atoms with Gasteiger partial charge in [0.2, 0.25) is 0 Å².